The number of carboxylic acid groups (broad SMARTS) is 1. The third-order valence-electron chi connectivity index (χ3n) is 2.68. The van der Waals surface area contributed by atoms with Crippen molar-refractivity contribution >= 4 is 17.9 Å². The van der Waals surface area contributed by atoms with Crippen LogP contribution in [0.4, 0.5) is 4.79 Å². The second-order valence-electron chi connectivity index (χ2n) is 4.57. The summed E-state index contributed by atoms with van der Waals surface area (Å²) in [6, 6.07) is 5.20. The van der Waals surface area contributed by atoms with Gasteiger partial charge in [0.15, 0.2) is 6.04 Å². The first-order valence-corrected chi connectivity index (χ1v) is 6.48. The van der Waals surface area contributed by atoms with Gasteiger partial charge in [-0.05, 0) is 12.5 Å². The summed E-state index contributed by atoms with van der Waals surface area (Å²) in [5.74, 6) is -1.34. The average molecular weight is 293 g/mol. The molecule has 0 heterocycles. The Hall–Kier alpha value is -2.57. The lowest BCUT2D eigenvalue weighted by Crippen LogP contribution is -2.43. The zero-order valence-electron chi connectivity index (χ0n) is 12.0. The summed E-state index contributed by atoms with van der Waals surface area (Å²) in [7, 11) is 0. The number of carbonyl (C=O) groups excluding carboxylic acids is 2. The van der Waals surface area contributed by atoms with Crippen molar-refractivity contribution in [3.05, 3.63) is 35.4 Å². The van der Waals surface area contributed by atoms with Crippen molar-refractivity contribution in [2.45, 2.75) is 19.9 Å². The molecule has 0 fully saturated rings. The molecule has 114 valence electrons. The normalized spacial score (nSPS) is 11.3. The van der Waals surface area contributed by atoms with Crippen molar-refractivity contribution in [1.29, 1.82) is 0 Å². The maximum Gasteiger partial charge on any atom is 0.330 e. The van der Waals surface area contributed by atoms with E-state index in [0.717, 1.165) is 5.56 Å². The minimum atomic E-state index is -1.14. The van der Waals surface area contributed by atoms with Crippen molar-refractivity contribution in [3.8, 4) is 0 Å². The van der Waals surface area contributed by atoms with Crippen LogP contribution in [0, 0.1) is 6.92 Å². The van der Waals surface area contributed by atoms with Gasteiger partial charge < -0.3 is 21.1 Å². The molecule has 7 heteroatoms. The highest BCUT2D eigenvalue weighted by molar-refractivity contribution is 5.83. The van der Waals surface area contributed by atoms with Gasteiger partial charge in [-0.1, -0.05) is 29.8 Å². The summed E-state index contributed by atoms with van der Waals surface area (Å²) in [5.41, 5.74) is 1.41. The number of hydrogen-bond acceptors (Lipinski definition) is 3. The molecule has 1 aromatic rings. The van der Waals surface area contributed by atoms with Crippen LogP contribution in [0.3, 0.4) is 0 Å². The highest BCUT2D eigenvalue weighted by atomic mass is 16.4. The van der Waals surface area contributed by atoms with E-state index in [2.05, 4.69) is 16.0 Å². The first kappa shape index (κ1) is 16.5. The number of aliphatic carboxylic acids is 1. The molecule has 3 amide bonds. The third-order valence-corrected chi connectivity index (χ3v) is 2.68. The van der Waals surface area contributed by atoms with Crippen LogP contribution >= 0.6 is 0 Å². The zero-order valence-corrected chi connectivity index (χ0v) is 12.0. The molecular weight excluding hydrogens is 274 g/mol. The molecule has 0 saturated heterocycles. The molecule has 0 aromatic heterocycles. The number of benzene rings is 1. The number of carbonyl (C=O) groups is 3. The predicted molar refractivity (Wildman–Crippen MR) is 76.8 cm³/mol. The van der Waals surface area contributed by atoms with Crippen molar-refractivity contribution in [3.63, 3.8) is 0 Å². The molecule has 0 aliphatic heterocycles. The Kier molecular flexibility index (Phi) is 6.19. The van der Waals surface area contributed by atoms with Gasteiger partial charge in [0.2, 0.25) is 5.91 Å². The first-order chi connectivity index (χ1) is 9.90. The zero-order chi connectivity index (χ0) is 15.8. The lowest BCUT2D eigenvalue weighted by Gasteiger charge is -2.16. The van der Waals surface area contributed by atoms with Crippen molar-refractivity contribution in [2.75, 3.05) is 13.1 Å². The number of rotatable bonds is 6. The number of carboxylic acids is 1. The van der Waals surface area contributed by atoms with Crippen molar-refractivity contribution in [2.24, 2.45) is 0 Å². The Morgan fingerprint density at radius 2 is 1.86 bits per heavy atom. The Balaban J connectivity index is 2.57. The van der Waals surface area contributed by atoms with Crippen LogP contribution < -0.4 is 16.0 Å². The van der Waals surface area contributed by atoms with Gasteiger partial charge in [0, 0.05) is 20.0 Å². The van der Waals surface area contributed by atoms with Crippen LogP contribution in [-0.2, 0) is 9.59 Å². The van der Waals surface area contributed by atoms with Gasteiger partial charge in [0.1, 0.15) is 0 Å². The minimum Gasteiger partial charge on any atom is -0.479 e. The van der Waals surface area contributed by atoms with Gasteiger partial charge in [-0.25, -0.2) is 9.59 Å². The Bertz CT molecular complexity index is 531. The maximum atomic E-state index is 11.7. The van der Waals surface area contributed by atoms with Crippen LogP contribution in [0.25, 0.3) is 0 Å². The number of aryl methyl sites for hydroxylation is 1. The van der Waals surface area contributed by atoms with E-state index in [0.29, 0.717) is 5.56 Å². The summed E-state index contributed by atoms with van der Waals surface area (Å²) in [4.78, 5) is 33.6. The highest BCUT2D eigenvalue weighted by Gasteiger charge is 2.21. The lowest BCUT2D eigenvalue weighted by molar-refractivity contribution is -0.139. The van der Waals surface area contributed by atoms with Gasteiger partial charge in [-0.2, -0.15) is 0 Å². The molecule has 1 atom stereocenters. The molecular formula is C14H19N3O4. The van der Waals surface area contributed by atoms with Crippen molar-refractivity contribution in [1.82, 2.24) is 16.0 Å². The molecule has 0 radical (unpaired) electrons. The van der Waals surface area contributed by atoms with Crippen LogP contribution in [0.2, 0.25) is 0 Å². The Morgan fingerprint density at radius 1 is 1.19 bits per heavy atom. The average Bonchev–Trinajstić information content (AvgIpc) is 2.40. The molecule has 0 bridgehead atoms. The van der Waals surface area contributed by atoms with E-state index in [1.807, 2.05) is 13.0 Å². The van der Waals surface area contributed by atoms with E-state index in [-0.39, 0.29) is 19.0 Å². The minimum absolute atomic E-state index is 0.194. The second-order valence-corrected chi connectivity index (χ2v) is 4.57. The Labute approximate surface area is 122 Å². The molecule has 0 aliphatic rings. The monoisotopic (exact) mass is 293 g/mol. The summed E-state index contributed by atoms with van der Waals surface area (Å²) in [5, 5.41) is 16.6. The van der Waals surface area contributed by atoms with E-state index >= 15 is 0 Å². The fourth-order valence-electron chi connectivity index (χ4n) is 1.73. The van der Waals surface area contributed by atoms with Gasteiger partial charge in [-0.3, -0.25) is 4.79 Å². The fourth-order valence-corrected chi connectivity index (χ4v) is 1.73. The first-order valence-electron chi connectivity index (χ1n) is 6.48. The van der Waals surface area contributed by atoms with E-state index in [9.17, 15) is 19.5 Å². The lowest BCUT2D eigenvalue weighted by atomic mass is 10.0. The number of urea groups is 1. The fraction of sp³-hybridized carbons (Fsp3) is 0.357. The molecule has 0 aliphatic carbocycles. The smallest absolute Gasteiger partial charge is 0.330 e. The second kappa shape index (κ2) is 7.88. The summed E-state index contributed by atoms with van der Waals surface area (Å²) >= 11 is 0. The molecule has 4 N–H and O–H groups in total. The standard InChI is InChI=1S/C14H19N3O4/c1-9-4-3-5-11(8-9)12(13(19)20)17-14(21)16-7-6-15-10(2)18/h3-5,8,12H,6-7H2,1-2H3,(H,15,18)(H,19,20)(H2,16,17,21)/t12-/m1/s1. The molecule has 0 unspecified atom stereocenters. The van der Waals surface area contributed by atoms with Gasteiger partial charge in [-0.15, -0.1) is 0 Å². The summed E-state index contributed by atoms with van der Waals surface area (Å²) in [6.45, 7) is 3.71. The molecule has 1 aromatic carbocycles. The third kappa shape index (κ3) is 5.94. The van der Waals surface area contributed by atoms with Gasteiger partial charge in [0.25, 0.3) is 0 Å². The van der Waals surface area contributed by atoms with Crippen LogP contribution in [0.1, 0.15) is 24.1 Å². The van der Waals surface area contributed by atoms with Crippen molar-refractivity contribution < 1.29 is 19.5 Å². The number of nitrogens with one attached hydrogen (secondary N) is 3. The van der Waals surface area contributed by atoms with Crippen LogP contribution in [-0.4, -0.2) is 36.1 Å². The Morgan fingerprint density at radius 3 is 2.43 bits per heavy atom. The number of amides is 3. The van der Waals surface area contributed by atoms with Gasteiger partial charge in [0.05, 0.1) is 0 Å². The van der Waals surface area contributed by atoms with E-state index in [1.165, 1.54) is 6.92 Å². The molecule has 1 rings (SSSR count). The van der Waals surface area contributed by atoms with E-state index in [4.69, 9.17) is 0 Å². The summed E-state index contributed by atoms with van der Waals surface area (Å²) in [6.07, 6.45) is 0. The van der Waals surface area contributed by atoms with Crippen LogP contribution in [0.5, 0.6) is 0 Å². The topological polar surface area (TPSA) is 108 Å². The SMILES string of the molecule is CC(=O)NCCNC(=O)N[C@@H](C(=O)O)c1cccc(C)c1. The van der Waals surface area contributed by atoms with E-state index in [1.54, 1.807) is 18.2 Å². The molecule has 7 nitrogen and oxygen atoms in total. The largest absolute Gasteiger partial charge is 0.479 e. The molecule has 0 spiro atoms. The maximum absolute atomic E-state index is 11.7. The quantitative estimate of drug-likeness (QED) is 0.575. The van der Waals surface area contributed by atoms with Crippen LogP contribution in [0.15, 0.2) is 24.3 Å². The number of hydrogen-bond donors (Lipinski definition) is 4. The summed E-state index contributed by atoms with van der Waals surface area (Å²) < 4.78 is 0. The van der Waals surface area contributed by atoms with Gasteiger partial charge >= 0.3 is 12.0 Å². The molecule has 0 saturated carbocycles. The van der Waals surface area contributed by atoms with E-state index < -0.39 is 18.0 Å². The molecule has 21 heavy (non-hydrogen) atoms. The predicted octanol–water partition coefficient (Wildman–Crippen LogP) is 0.556. The highest BCUT2D eigenvalue weighted by Crippen LogP contribution is 2.14.